The smallest absolute Gasteiger partial charge is 0.310 e. The first-order valence-corrected chi connectivity index (χ1v) is 7.84. The summed E-state index contributed by atoms with van der Waals surface area (Å²) in [5.41, 5.74) is 0. The van der Waals surface area contributed by atoms with Crippen molar-refractivity contribution in [3.8, 4) is 0 Å². The van der Waals surface area contributed by atoms with E-state index in [1.807, 2.05) is 6.07 Å². The number of hydrogen-bond donors (Lipinski definition) is 1. The van der Waals surface area contributed by atoms with Gasteiger partial charge in [-0.05, 0) is 43.4 Å². The van der Waals surface area contributed by atoms with Crippen molar-refractivity contribution in [2.24, 2.45) is 11.8 Å². The van der Waals surface area contributed by atoms with E-state index in [0.717, 1.165) is 29.8 Å². The van der Waals surface area contributed by atoms with Crippen LogP contribution in [0.25, 0.3) is 0 Å². The highest BCUT2D eigenvalue weighted by atomic mass is 32.1. The zero-order valence-electron chi connectivity index (χ0n) is 11.8. The molecule has 0 radical (unpaired) electrons. The molecular weight excluding hydrogens is 258 g/mol. The summed E-state index contributed by atoms with van der Waals surface area (Å²) in [6.07, 6.45) is 4.51. The van der Waals surface area contributed by atoms with Crippen LogP contribution in [0.2, 0.25) is 0 Å². The van der Waals surface area contributed by atoms with E-state index >= 15 is 0 Å². The third-order valence-electron chi connectivity index (χ3n) is 3.80. The lowest BCUT2D eigenvalue weighted by Crippen LogP contribution is -2.20. The number of rotatable bonds is 6. The number of hydrogen-bond acceptors (Lipinski definition) is 4. The second kappa shape index (κ2) is 7.06. The van der Waals surface area contributed by atoms with E-state index in [1.165, 1.54) is 31.2 Å². The molecule has 0 spiro atoms. The molecule has 19 heavy (non-hydrogen) atoms. The number of thiophene rings is 1. The first-order chi connectivity index (χ1) is 9.17. The molecule has 1 aromatic heterocycles. The molecule has 2 atom stereocenters. The van der Waals surface area contributed by atoms with Crippen LogP contribution in [0.4, 0.5) is 0 Å². The van der Waals surface area contributed by atoms with Crippen LogP contribution < -0.4 is 5.32 Å². The fourth-order valence-electron chi connectivity index (χ4n) is 2.74. The Morgan fingerprint density at radius 3 is 2.89 bits per heavy atom. The minimum absolute atomic E-state index is 0.165. The predicted octanol–water partition coefficient (Wildman–Crippen LogP) is 2.99. The van der Waals surface area contributed by atoms with Gasteiger partial charge >= 0.3 is 5.97 Å². The molecule has 0 amide bonds. The van der Waals surface area contributed by atoms with Crippen molar-refractivity contribution in [2.75, 3.05) is 13.7 Å². The van der Waals surface area contributed by atoms with Gasteiger partial charge in [-0.1, -0.05) is 13.3 Å². The largest absolute Gasteiger partial charge is 0.469 e. The summed E-state index contributed by atoms with van der Waals surface area (Å²) in [4.78, 5) is 13.6. The molecule has 3 nitrogen and oxygen atoms in total. The molecule has 0 bridgehead atoms. The summed E-state index contributed by atoms with van der Waals surface area (Å²) in [5, 5.41) is 3.54. The molecule has 4 heteroatoms. The van der Waals surface area contributed by atoms with Crippen molar-refractivity contribution in [3.63, 3.8) is 0 Å². The minimum atomic E-state index is -0.165. The first-order valence-electron chi connectivity index (χ1n) is 7.02. The molecule has 1 aliphatic carbocycles. The highest BCUT2D eigenvalue weighted by Crippen LogP contribution is 2.29. The van der Waals surface area contributed by atoms with Crippen molar-refractivity contribution in [2.45, 2.75) is 39.2 Å². The topological polar surface area (TPSA) is 38.3 Å². The van der Waals surface area contributed by atoms with Gasteiger partial charge in [-0.2, -0.15) is 0 Å². The number of methoxy groups -OCH3 is 1. The molecule has 1 aromatic rings. The summed E-state index contributed by atoms with van der Waals surface area (Å²) in [6, 6.07) is 4.13. The quantitative estimate of drug-likeness (QED) is 0.815. The monoisotopic (exact) mass is 281 g/mol. The lowest BCUT2D eigenvalue weighted by molar-refractivity contribution is -0.139. The van der Waals surface area contributed by atoms with E-state index in [1.54, 1.807) is 11.3 Å². The number of nitrogens with one attached hydrogen (secondary N) is 1. The standard InChI is InChI=1S/C15H23NO2S/c1-11-3-4-12(7-11)9-16-10-14-6-5-13(19-14)8-15(17)18-2/h5-6,11-12,16H,3-4,7-10H2,1-2H3. The second-order valence-electron chi connectivity index (χ2n) is 5.54. The van der Waals surface area contributed by atoms with Gasteiger partial charge in [0.1, 0.15) is 0 Å². The van der Waals surface area contributed by atoms with Crippen molar-refractivity contribution in [1.82, 2.24) is 5.32 Å². The molecule has 0 aromatic carbocycles. The lowest BCUT2D eigenvalue weighted by atomic mass is 10.1. The van der Waals surface area contributed by atoms with Gasteiger partial charge in [0, 0.05) is 16.3 Å². The van der Waals surface area contributed by atoms with Gasteiger partial charge in [0.05, 0.1) is 13.5 Å². The van der Waals surface area contributed by atoms with Crippen molar-refractivity contribution in [3.05, 3.63) is 21.9 Å². The second-order valence-corrected chi connectivity index (χ2v) is 6.79. The average Bonchev–Trinajstić information content (AvgIpc) is 2.99. The Morgan fingerprint density at radius 2 is 2.21 bits per heavy atom. The third-order valence-corrected chi connectivity index (χ3v) is 4.88. The summed E-state index contributed by atoms with van der Waals surface area (Å²) in [5.74, 6) is 1.59. The maximum atomic E-state index is 11.2. The molecule has 2 unspecified atom stereocenters. The molecule has 1 aliphatic rings. The Labute approximate surface area is 119 Å². The molecule has 1 saturated carbocycles. The number of ether oxygens (including phenoxy) is 1. The Hall–Kier alpha value is -0.870. The van der Waals surface area contributed by atoms with E-state index in [0.29, 0.717) is 6.42 Å². The molecular formula is C15H23NO2S. The molecule has 1 heterocycles. The zero-order chi connectivity index (χ0) is 13.7. The summed E-state index contributed by atoms with van der Waals surface area (Å²) in [6.45, 7) is 4.38. The van der Waals surface area contributed by atoms with E-state index in [-0.39, 0.29) is 5.97 Å². The predicted molar refractivity (Wildman–Crippen MR) is 78.3 cm³/mol. The summed E-state index contributed by atoms with van der Waals surface area (Å²) < 4.78 is 4.67. The molecule has 2 rings (SSSR count). The van der Waals surface area contributed by atoms with Crippen LogP contribution in [0.5, 0.6) is 0 Å². The van der Waals surface area contributed by atoms with Gasteiger partial charge in [-0.25, -0.2) is 0 Å². The molecule has 1 fully saturated rings. The van der Waals surface area contributed by atoms with Crippen LogP contribution in [0, 0.1) is 11.8 Å². The van der Waals surface area contributed by atoms with Gasteiger partial charge in [-0.3, -0.25) is 4.79 Å². The average molecular weight is 281 g/mol. The third kappa shape index (κ3) is 4.62. The maximum Gasteiger partial charge on any atom is 0.310 e. The first kappa shape index (κ1) is 14.5. The number of carbonyl (C=O) groups excluding carboxylic acids is 1. The normalized spacial score (nSPS) is 22.6. The van der Waals surface area contributed by atoms with Gasteiger partial charge in [-0.15, -0.1) is 11.3 Å². The Balaban J connectivity index is 1.70. The van der Waals surface area contributed by atoms with Gasteiger partial charge < -0.3 is 10.1 Å². The van der Waals surface area contributed by atoms with Crippen molar-refractivity contribution in [1.29, 1.82) is 0 Å². The minimum Gasteiger partial charge on any atom is -0.469 e. The highest BCUT2D eigenvalue weighted by molar-refractivity contribution is 7.12. The summed E-state index contributed by atoms with van der Waals surface area (Å²) >= 11 is 1.70. The molecule has 1 N–H and O–H groups in total. The lowest BCUT2D eigenvalue weighted by Gasteiger charge is -2.10. The number of carbonyl (C=O) groups is 1. The van der Waals surface area contributed by atoms with Gasteiger partial charge in [0.25, 0.3) is 0 Å². The Morgan fingerprint density at radius 1 is 1.42 bits per heavy atom. The van der Waals surface area contributed by atoms with E-state index < -0.39 is 0 Å². The number of esters is 1. The summed E-state index contributed by atoms with van der Waals surface area (Å²) in [7, 11) is 1.43. The Kier molecular flexibility index (Phi) is 5.40. The van der Waals surface area contributed by atoms with Crippen LogP contribution >= 0.6 is 11.3 Å². The maximum absolute atomic E-state index is 11.2. The van der Waals surface area contributed by atoms with E-state index in [9.17, 15) is 4.79 Å². The van der Waals surface area contributed by atoms with Crippen LogP contribution in [-0.4, -0.2) is 19.6 Å². The SMILES string of the molecule is COC(=O)Cc1ccc(CNCC2CCC(C)C2)s1. The van der Waals surface area contributed by atoms with Crippen LogP contribution in [-0.2, 0) is 22.5 Å². The van der Waals surface area contributed by atoms with E-state index in [4.69, 9.17) is 0 Å². The Bertz CT molecular complexity index is 416. The highest BCUT2D eigenvalue weighted by Gasteiger charge is 2.20. The van der Waals surface area contributed by atoms with Crippen LogP contribution in [0.1, 0.15) is 35.9 Å². The van der Waals surface area contributed by atoms with Crippen LogP contribution in [0.3, 0.4) is 0 Å². The molecule has 0 aliphatic heterocycles. The van der Waals surface area contributed by atoms with Crippen molar-refractivity contribution < 1.29 is 9.53 Å². The van der Waals surface area contributed by atoms with Crippen molar-refractivity contribution >= 4 is 17.3 Å². The molecule has 0 saturated heterocycles. The fourth-order valence-corrected chi connectivity index (χ4v) is 3.71. The van der Waals surface area contributed by atoms with Gasteiger partial charge in [0.15, 0.2) is 0 Å². The van der Waals surface area contributed by atoms with E-state index in [2.05, 4.69) is 23.0 Å². The van der Waals surface area contributed by atoms with Crippen LogP contribution in [0.15, 0.2) is 12.1 Å². The molecule has 106 valence electrons. The zero-order valence-corrected chi connectivity index (χ0v) is 12.6. The van der Waals surface area contributed by atoms with Gasteiger partial charge in [0.2, 0.25) is 0 Å². The fraction of sp³-hybridized carbons (Fsp3) is 0.667.